The summed E-state index contributed by atoms with van der Waals surface area (Å²) in [5.74, 6) is 0. The van der Waals surface area contributed by atoms with Gasteiger partial charge in [0, 0.05) is 22.3 Å². The lowest BCUT2D eigenvalue weighted by atomic mass is 10.0. The zero-order valence-corrected chi connectivity index (χ0v) is 10.8. The fraction of sp³-hybridized carbons (Fsp3) is 0.917. The first-order valence-corrected chi connectivity index (χ1v) is 6.50. The lowest BCUT2D eigenvalue weighted by Gasteiger charge is -2.36. The minimum absolute atomic E-state index is 0.263. The molecule has 14 heavy (non-hydrogen) atoms. The van der Waals surface area contributed by atoms with E-state index in [9.17, 15) is 0 Å². The Morgan fingerprint density at radius 1 is 1.36 bits per heavy atom. The second kappa shape index (κ2) is 4.69. The molecule has 2 heteroatoms. The molecular formula is C12H23NS. The number of rotatable bonds is 2. The molecule has 0 radical (unpaired) electrons. The van der Waals surface area contributed by atoms with Crippen LogP contribution in [0.25, 0.3) is 0 Å². The quantitative estimate of drug-likeness (QED) is 0.677. The largest absolute Gasteiger partial charge is 0.296 e. The molecule has 1 unspecified atom stereocenters. The Bertz CT molecular complexity index is 210. The fourth-order valence-electron chi connectivity index (χ4n) is 2.17. The maximum atomic E-state index is 4.52. The van der Waals surface area contributed by atoms with Gasteiger partial charge in [0.1, 0.15) is 0 Å². The smallest absolute Gasteiger partial charge is 0.0484 e. The Morgan fingerprint density at radius 2 is 2.07 bits per heavy atom. The molecule has 0 amide bonds. The maximum absolute atomic E-state index is 4.52. The summed E-state index contributed by atoms with van der Waals surface area (Å²) in [6, 6.07) is 0. The van der Waals surface area contributed by atoms with Gasteiger partial charge in [0.05, 0.1) is 0 Å². The van der Waals surface area contributed by atoms with E-state index in [1.165, 1.54) is 25.7 Å². The van der Waals surface area contributed by atoms with Gasteiger partial charge in [-0.15, -0.1) is 11.8 Å². The van der Waals surface area contributed by atoms with Crippen LogP contribution < -0.4 is 0 Å². The van der Waals surface area contributed by atoms with Crippen LogP contribution in [-0.4, -0.2) is 22.3 Å². The van der Waals surface area contributed by atoms with Gasteiger partial charge in [0.2, 0.25) is 0 Å². The predicted molar refractivity (Wildman–Crippen MR) is 67.6 cm³/mol. The van der Waals surface area contributed by atoms with Gasteiger partial charge in [-0.1, -0.05) is 27.2 Å². The lowest BCUT2D eigenvalue weighted by Crippen LogP contribution is -2.32. The third-order valence-electron chi connectivity index (χ3n) is 2.69. The highest BCUT2D eigenvalue weighted by Crippen LogP contribution is 2.42. The van der Waals surface area contributed by atoms with E-state index in [1.807, 2.05) is 0 Å². The zero-order valence-electron chi connectivity index (χ0n) is 9.97. The first kappa shape index (κ1) is 12.1. The van der Waals surface area contributed by atoms with Gasteiger partial charge in [0.25, 0.3) is 0 Å². The van der Waals surface area contributed by atoms with Crippen LogP contribution in [0.3, 0.4) is 0 Å². The van der Waals surface area contributed by atoms with E-state index in [-0.39, 0.29) is 4.75 Å². The van der Waals surface area contributed by atoms with Crippen LogP contribution in [0.1, 0.15) is 53.4 Å². The summed E-state index contributed by atoms with van der Waals surface area (Å²) in [7, 11) is 0. The van der Waals surface area contributed by atoms with Crippen LogP contribution in [0.4, 0.5) is 0 Å². The fourth-order valence-corrected chi connectivity index (χ4v) is 4.12. The van der Waals surface area contributed by atoms with Crippen molar-refractivity contribution < 1.29 is 0 Å². The van der Waals surface area contributed by atoms with Crippen LogP contribution in [0.15, 0.2) is 4.99 Å². The molecule has 0 aromatic carbocycles. The molecule has 0 N–H and O–H groups in total. The molecule has 0 saturated carbocycles. The Balaban J connectivity index is 2.75. The van der Waals surface area contributed by atoms with Crippen molar-refractivity contribution in [3.63, 3.8) is 0 Å². The Labute approximate surface area is 92.8 Å². The molecule has 1 aliphatic heterocycles. The molecule has 0 spiro atoms. The van der Waals surface area contributed by atoms with Crippen molar-refractivity contribution in [1.29, 1.82) is 0 Å². The number of aliphatic imine (C=N–C) groups is 1. The lowest BCUT2D eigenvalue weighted by molar-refractivity contribution is 0.587. The highest BCUT2D eigenvalue weighted by molar-refractivity contribution is 8.02. The van der Waals surface area contributed by atoms with Gasteiger partial charge >= 0.3 is 0 Å². The Hall–Kier alpha value is 0.0200. The van der Waals surface area contributed by atoms with Crippen molar-refractivity contribution in [1.82, 2.24) is 0 Å². The summed E-state index contributed by atoms with van der Waals surface area (Å²) in [4.78, 5) is 4.52. The monoisotopic (exact) mass is 213 g/mol. The normalized spacial score (nSPS) is 32.3. The number of thioether (sulfide) groups is 1. The number of hydrogen-bond donors (Lipinski definition) is 0. The van der Waals surface area contributed by atoms with E-state index in [0.717, 1.165) is 6.54 Å². The van der Waals surface area contributed by atoms with E-state index in [4.69, 9.17) is 0 Å². The van der Waals surface area contributed by atoms with Gasteiger partial charge in [-0.05, 0) is 26.2 Å². The van der Waals surface area contributed by atoms with Crippen molar-refractivity contribution in [2.45, 2.75) is 62.9 Å². The highest BCUT2D eigenvalue weighted by atomic mass is 32.2. The molecule has 1 aliphatic rings. The van der Waals surface area contributed by atoms with Crippen LogP contribution >= 0.6 is 11.8 Å². The summed E-state index contributed by atoms with van der Waals surface area (Å²) in [5, 5.41) is 0. The highest BCUT2D eigenvalue weighted by Gasteiger charge is 2.31. The molecule has 0 saturated heterocycles. The predicted octanol–water partition coefficient (Wildman–Crippen LogP) is 3.92. The van der Waals surface area contributed by atoms with Gasteiger partial charge in [-0.2, -0.15) is 0 Å². The van der Waals surface area contributed by atoms with Gasteiger partial charge in [-0.25, -0.2) is 0 Å². The summed E-state index contributed by atoms with van der Waals surface area (Å²) in [6.45, 7) is 10.3. The number of hydrogen-bond acceptors (Lipinski definition) is 2. The van der Waals surface area contributed by atoms with Crippen LogP contribution in [0.5, 0.6) is 0 Å². The molecule has 1 nitrogen and oxygen atoms in total. The molecule has 0 fully saturated rings. The minimum atomic E-state index is 0.263. The summed E-state index contributed by atoms with van der Waals surface area (Å²) in [6.07, 6.45) is 7.20. The Morgan fingerprint density at radius 3 is 2.71 bits per heavy atom. The van der Waals surface area contributed by atoms with Crippen LogP contribution in [0.2, 0.25) is 0 Å². The molecular weight excluding hydrogens is 190 g/mol. The Kier molecular flexibility index (Phi) is 4.05. The minimum Gasteiger partial charge on any atom is -0.296 e. The standard InChI is InChI=1S/C12H23NS/c1-5-7-12(4)10-13-9-6-8-11(2,3)14-12/h10H,5-9H2,1-4H3. The van der Waals surface area contributed by atoms with Gasteiger partial charge < -0.3 is 0 Å². The molecule has 1 rings (SSSR count). The topological polar surface area (TPSA) is 12.4 Å². The maximum Gasteiger partial charge on any atom is 0.0484 e. The van der Waals surface area contributed by atoms with E-state index < -0.39 is 0 Å². The van der Waals surface area contributed by atoms with Crippen LogP contribution in [-0.2, 0) is 0 Å². The summed E-state index contributed by atoms with van der Waals surface area (Å²) >= 11 is 2.10. The van der Waals surface area contributed by atoms with E-state index in [2.05, 4.69) is 50.7 Å². The first-order valence-electron chi connectivity index (χ1n) is 5.69. The van der Waals surface area contributed by atoms with Gasteiger partial charge in [0.15, 0.2) is 0 Å². The third-order valence-corrected chi connectivity index (χ3v) is 4.22. The van der Waals surface area contributed by atoms with E-state index in [0.29, 0.717) is 4.75 Å². The molecule has 1 atom stereocenters. The average molecular weight is 213 g/mol. The second-order valence-electron chi connectivity index (χ2n) is 5.06. The van der Waals surface area contributed by atoms with Crippen molar-refractivity contribution in [3.05, 3.63) is 0 Å². The second-order valence-corrected chi connectivity index (χ2v) is 7.31. The zero-order chi connectivity index (χ0) is 10.7. The molecule has 82 valence electrons. The van der Waals surface area contributed by atoms with E-state index in [1.54, 1.807) is 0 Å². The molecule has 0 aliphatic carbocycles. The summed E-state index contributed by atoms with van der Waals surface area (Å²) in [5.41, 5.74) is 0. The molecule has 0 bridgehead atoms. The van der Waals surface area contributed by atoms with Gasteiger partial charge in [-0.3, -0.25) is 4.99 Å². The van der Waals surface area contributed by atoms with Crippen molar-refractivity contribution in [2.75, 3.05) is 6.54 Å². The van der Waals surface area contributed by atoms with Crippen molar-refractivity contribution >= 4 is 18.0 Å². The summed E-state index contributed by atoms with van der Waals surface area (Å²) < 4.78 is 0.676. The van der Waals surface area contributed by atoms with Crippen molar-refractivity contribution in [3.8, 4) is 0 Å². The average Bonchev–Trinajstić information content (AvgIpc) is 2.00. The third kappa shape index (κ3) is 3.64. The first-order chi connectivity index (χ1) is 6.47. The van der Waals surface area contributed by atoms with Crippen LogP contribution in [0, 0.1) is 0 Å². The SMILES string of the molecule is CCCC1(C)C=NCCCC(C)(C)S1. The molecule has 0 aromatic heterocycles. The van der Waals surface area contributed by atoms with Crippen molar-refractivity contribution in [2.24, 2.45) is 4.99 Å². The number of nitrogens with zero attached hydrogens (tertiary/aromatic N) is 1. The molecule has 0 aromatic rings. The molecule has 1 heterocycles. The van der Waals surface area contributed by atoms with E-state index >= 15 is 0 Å².